The van der Waals surface area contributed by atoms with Crippen LogP contribution >= 0.6 is 12.6 Å². The van der Waals surface area contributed by atoms with E-state index in [9.17, 15) is 0 Å². The molecule has 46 valence electrons. The summed E-state index contributed by atoms with van der Waals surface area (Å²) >= 11 is 4.30. The van der Waals surface area contributed by atoms with E-state index in [0.717, 1.165) is 25.0 Å². The van der Waals surface area contributed by atoms with Crippen LogP contribution in [0.25, 0.3) is 0 Å². The highest BCUT2D eigenvalue weighted by Gasteiger charge is 2.06. The molecule has 0 radical (unpaired) electrons. The Hall–Kier alpha value is -0.110. The van der Waals surface area contributed by atoms with Crippen LogP contribution in [0, 0.1) is 0 Å². The van der Waals surface area contributed by atoms with Crippen molar-refractivity contribution in [2.24, 2.45) is 5.73 Å². The van der Waals surface area contributed by atoms with Crippen molar-refractivity contribution in [2.75, 3.05) is 0 Å². The summed E-state index contributed by atoms with van der Waals surface area (Å²) in [6.07, 6.45) is 5.30. The number of nitrogens with two attached hydrogens (primary N) is 1. The molecule has 2 heteroatoms. The zero-order valence-corrected chi connectivity index (χ0v) is 5.70. The molecule has 1 unspecified atom stereocenters. The van der Waals surface area contributed by atoms with E-state index in [4.69, 9.17) is 5.73 Å². The summed E-state index contributed by atoms with van der Waals surface area (Å²) in [5.41, 5.74) is 6.56. The van der Waals surface area contributed by atoms with Crippen molar-refractivity contribution < 1.29 is 0 Å². The Kier molecular flexibility index (Phi) is 1.84. The Labute approximate surface area is 55.4 Å². The molecule has 0 heterocycles. The van der Waals surface area contributed by atoms with Crippen LogP contribution in [0.15, 0.2) is 11.8 Å². The molecule has 0 aliphatic heterocycles. The summed E-state index contributed by atoms with van der Waals surface area (Å²) in [6.45, 7) is 0. The minimum Gasteiger partial charge on any atom is -0.402 e. The molecule has 0 aromatic rings. The van der Waals surface area contributed by atoms with Gasteiger partial charge in [0.05, 0.1) is 0 Å². The summed E-state index contributed by atoms with van der Waals surface area (Å²) in [6, 6.07) is 0. The molecule has 8 heavy (non-hydrogen) atoms. The monoisotopic (exact) mass is 129 g/mol. The van der Waals surface area contributed by atoms with E-state index in [1.807, 2.05) is 0 Å². The van der Waals surface area contributed by atoms with Gasteiger partial charge in [-0.2, -0.15) is 12.6 Å². The number of hydrogen-bond acceptors (Lipinski definition) is 2. The predicted molar refractivity (Wildman–Crippen MR) is 38.9 cm³/mol. The van der Waals surface area contributed by atoms with Crippen LogP contribution in [0.3, 0.4) is 0 Å². The van der Waals surface area contributed by atoms with Gasteiger partial charge in [0, 0.05) is 10.9 Å². The molecule has 1 aliphatic carbocycles. The van der Waals surface area contributed by atoms with E-state index in [1.165, 1.54) is 0 Å². The van der Waals surface area contributed by atoms with Gasteiger partial charge >= 0.3 is 0 Å². The van der Waals surface area contributed by atoms with Gasteiger partial charge < -0.3 is 5.73 Å². The molecule has 0 aromatic heterocycles. The van der Waals surface area contributed by atoms with Crippen molar-refractivity contribution in [2.45, 2.75) is 24.5 Å². The highest BCUT2D eigenvalue weighted by molar-refractivity contribution is 7.80. The molecule has 0 saturated heterocycles. The van der Waals surface area contributed by atoms with Gasteiger partial charge in [0.15, 0.2) is 0 Å². The lowest BCUT2D eigenvalue weighted by molar-refractivity contribution is 0.716. The summed E-state index contributed by atoms with van der Waals surface area (Å²) in [5.74, 6) is 0. The zero-order chi connectivity index (χ0) is 5.98. The molecule has 0 bridgehead atoms. The standard InChI is InChI=1S/C6H11NS/c7-5-1-3-6(8)4-2-5/h1,6,8H,2-4,7H2. The van der Waals surface area contributed by atoms with Gasteiger partial charge in [-0.15, -0.1) is 0 Å². The number of hydrogen-bond donors (Lipinski definition) is 2. The van der Waals surface area contributed by atoms with E-state index >= 15 is 0 Å². The fraction of sp³-hybridized carbons (Fsp3) is 0.667. The Bertz CT molecular complexity index is 109. The molecule has 1 aliphatic rings. The van der Waals surface area contributed by atoms with Gasteiger partial charge in [0.25, 0.3) is 0 Å². The van der Waals surface area contributed by atoms with Gasteiger partial charge in [-0.3, -0.25) is 0 Å². The van der Waals surface area contributed by atoms with Crippen molar-refractivity contribution in [3.8, 4) is 0 Å². The zero-order valence-electron chi connectivity index (χ0n) is 4.80. The maximum Gasteiger partial charge on any atom is 0.00557 e. The molecular formula is C6H11NS. The summed E-state index contributed by atoms with van der Waals surface area (Å²) in [5, 5.41) is 0.558. The lowest BCUT2D eigenvalue weighted by Crippen LogP contribution is -2.09. The van der Waals surface area contributed by atoms with Crippen molar-refractivity contribution in [3.05, 3.63) is 11.8 Å². The molecule has 1 rings (SSSR count). The number of allylic oxidation sites excluding steroid dienone is 2. The smallest absolute Gasteiger partial charge is 0.00557 e. The van der Waals surface area contributed by atoms with Crippen LogP contribution in [0.2, 0.25) is 0 Å². The maximum atomic E-state index is 5.52. The topological polar surface area (TPSA) is 26.0 Å². The van der Waals surface area contributed by atoms with Gasteiger partial charge in [0.1, 0.15) is 0 Å². The quantitative estimate of drug-likeness (QED) is 0.474. The third-order valence-electron chi connectivity index (χ3n) is 1.42. The summed E-state index contributed by atoms with van der Waals surface area (Å²) < 4.78 is 0. The lowest BCUT2D eigenvalue weighted by Gasteiger charge is -2.13. The molecule has 0 saturated carbocycles. The van der Waals surface area contributed by atoms with Gasteiger partial charge in [-0.25, -0.2) is 0 Å². The summed E-state index contributed by atoms with van der Waals surface area (Å²) in [7, 11) is 0. The Balaban J connectivity index is 2.42. The average Bonchev–Trinajstić information content (AvgIpc) is 1.77. The highest BCUT2D eigenvalue weighted by Crippen LogP contribution is 2.18. The largest absolute Gasteiger partial charge is 0.402 e. The minimum absolute atomic E-state index is 0.558. The normalized spacial score (nSPS) is 29.6. The molecule has 1 nitrogen and oxygen atoms in total. The second-order valence-electron chi connectivity index (χ2n) is 2.21. The van der Waals surface area contributed by atoms with Crippen LogP contribution in [0.4, 0.5) is 0 Å². The third-order valence-corrected chi connectivity index (χ3v) is 1.89. The van der Waals surface area contributed by atoms with E-state index in [-0.39, 0.29) is 0 Å². The average molecular weight is 129 g/mol. The van der Waals surface area contributed by atoms with Crippen molar-refractivity contribution in [3.63, 3.8) is 0 Å². The van der Waals surface area contributed by atoms with Crippen LogP contribution in [0.5, 0.6) is 0 Å². The lowest BCUT2D eigenvalue weighted by atomic mass is 10.1. The molecule has 2 N–H and O–H groups in total. The van der Waals surface area contributed by atoms with E-state index < -0.39 is 0 Å². The first kappa shape index (κ1) is 6.02. The molecule has 1 atom stereocenters. The van der Waals surface area contributed by atoms with E-state index in [2.05, 4.69) is 18.7 Å². The first-order valence-corrected chi connectivity index (χ1v) is 3.43. The molecule has 0 amide bonds. The first-order chi connectivity index (χ1) is 3.79. The Morgan fingerprint density at radius 1 is 1.75 bits per heavy atom. The van der Waals surface area contributed by atoms with E-state index in [0.29, 0.717) is 5.25 Å². The molecule has 0 fully saturated rings. The van der Waals surface area contributed by atoms with Crippen LogP contribution in [-0.2, 0) is 0 Å². The molecular weight excluding hydrogens is 118 g/mol. The van der Waals surface area contributed by atoms with Gasteiger partial charge in [-0.05, 0) is 19.3 Å². The molecule has 0 aromatic carbocycles. The van der Waals surface area contributed by atoms with Gasteiger partial charge in [0.2, 0.25) is 0 Å². The van der Waals surface area contributed by atoms with Crippen LogP contribution < -0.4 is 5.73 Å². The molecule has 0 spiro atoms. The Morgan fingerprint density at radius 2 is 2.50 bits per heavy atom. The second-order valence-corrected chi connectivity index (χ2v) is 2.94. The van der Waals surface area contributed by atoms with E-state index in [1.54, 1.807) is 0 Å². The van der Waals surface area contributed by atoms with Gasteiger partial charge in [-0.1, -0.05) is 6.08 Å². The maximum absolute atomic E-state index is 5.52. The van der Waals surface area contributed by atoms with Crippen molar-refractivity contribution in [1.82, 2.24) is 0 Å². The Morgan fingerprint density at radius 3 is 2.88 bits per heavy atom. The number of rotatable bonds is 0. The first-order valence-electron chi connectivity index (χ1n) is 2.91. The number of thiol groups is 1. The minimum atomic E-state index is 0.558. The highest BCUT2D eigenvalue weighted by atomic mass is 32.1. The van der Waals surface area contributed by atoms with Crippen molar-refractivity contribution >= 4 is 12.6 Å². The van der Waals surface area contributed by atoms with Crippen LogP contribution in [0.1, 0.15) is 19.3 Å². The fourth-order valence-electron chi connectivity index (χ4n) is 0.841. The fourth-order valence-corrected chi connectivity index (χ4v) is 1.08. The SMILES string of the molecule is NC1=CCC(S)CC1. The second kappa shape index (κ2) is 2.44. The van der Waals surface area contributed by atoms with Crippen molar-refractivity contribution in [1.29, 1.82) is 0 Å². The summed E-state index contributed by atoms with van der Waals surface area (Å²) in [4.78, 5) is 0. The predicted octanol–water partition coefficient (Wildman–Crippen LogP) is 1.31. The third kappa shape index (κ3) is 1.44. The van der Waals surface area contributed by atoms with Crippen LogP contribution in [-0.4, -0.2) is 5.25 Å².